The average Bonchev–Trinajstić information content (AvgIpc) is 2.63. The van der Waals surface area contributed by atoms with E-state index < -0.39 is 26.9 Å². The Morgan fingerprint density at radius 1 is 1.33 bits per heavy atom. The molecule has 1 aliphatic heterocycles. The summed E-state index contributed by atoms with van der Waals surface area (Å²) in [5, 5.41) is 1.17. The molecule has 2 rings (SSSR count). The van der Waals surface area contributed by atoms with Gasteiger partial charge in [0.05, 0.1) is 19.3 Å². The third-order valence-corrected chi connectivity index (χ3v) is 4.92. The lowest BCUT2D eigenvalue weighted by molar-refractivity contribution is 0.0521. The fourth-order valence-electron chi connectivity index (χ4n) is 2.05. The van der Waals surface area contributed by atoms with E-state index in [4.69, 9.17) is 21.1 Å². The molecule has 0 aliphatic carbocycles. The molecule has 0 bridgehead atoms. The van der Waals surface area contributed by atoms with Crippen molar-refractivity contribution in [1.29, 1.82) is 0 Å². The van der Waals surface area contributed by atoms with Crippen LogP contribution in [-0.4, -0.2) is 51.7 Å². The Bertz CT molecular complexity index is 899. The number of ether oxygens (including phenoxy) is 2. The standard InChI is InChI=1S/C15H17ClN4O6S/c1-3-26-14(21)10-6-4-5-7-11(10)27(23,24)19-15(22)18-20-9-17-13(25-2)8-12(20)16/h4-8H,3,9H2,1-2H3,(H2,18,19,22). The van der Waals surface area contributed by atoms with Crippen molar-refractivity contribution >= 4 is 39.5 Å². The molecule has 1 aromatic rings. The SMILES string of the molecule is CCOC(=O)c1ccccc1S(=O)(=O)NC(=O)NN1CN=C(OC)C=C1Cl. The van der Waals surface area contributed by atoms with E-state index in [0.717, 1.165) is 5.01 Å². The molecule has 12 heteroatoms. The predicted octanol–water partition coefficient (Wildman–Crippen LogP) is 1.16. The normalized spacial score (nSPS) is 14.0. The number of carbonyl (C=O) groups is 2. The molecule has 0 spiro atoms. The molecule has 2 amide bonds. The van der Waals surface area contributed by atoms with Gasteiger partial charge in [-0.25, -0.2) is 33.1 Å². The summed E-state index contributed by atoms with van der Waals surface area (Å²) in [6.07, 6.45) is 1.34. The zero-order valence-electron chi connectivity index (χ0n) is 14.4. The molecule has 2 N–H and O–H groups in total. The minimum absolute atomic E-state index is 0.0707. The van der Waals surface area contributed by atoms with E-state index in [2.05, 4.69) is 10.4 Å². The highest BCUT2D eigenvalue weighted by Gasteiger charge is 2.26. The predicted molar refractivity (Wildman–Crippen MR) is 96.3 cm³/mol. The Kier molecular flexibility index (Phi) is 6.64. The van der Waals surface area contributed by atoms with Crippen molar-refractivity contribution in [3.05, 3.63) is 41.1 Å². The summed E-state index contributed by atoms with van der Waals surface area (Å²) in [4.78, 5) is 27.6. The van der Waals surface area contributed by atoms with E-state index in [0.29, 0.717) is 0 Å². The lowest BCUT2D eigenvalue weighted by atomic mass is 10.2. The third kappa shape index (κ3) is 5.11. The van der Waals surface area contributed by atoms with Gasteiger partial charge in [0.25, 0.3) is 10.0 Å². The Morgan fingerprint density at radius 2 is 2.04 bits per heavy atom. The van der Waals surface area contributed by atoms with Gasteiger partial charge in [-0.3, -0.25) is 5.01 Å². The van der Waals surface area contributed by atoms with Crippen LogP contribution in [0.5, 0.6) is 0 Å². The molecule has 146 valence electrons. The van der Waals surface area contributed by atoms with Crippen LogP contribution < -0.4 is 10.1 Å². The van der Waals surface area contributed by atoms with Crippen LogP contribution in [0.25, 0.3) is 0 Å². The summed E-state index contributed by atoms with van der Waals surface area (Å²) < 4.78 is 36.5. The molecular weight excluding hydrogens is 400 g/mol. The van der Waals surface area contributed by atoms with Crippen molar-refractivity contribution in [2.75, 3.05) is 20.4 Å². The maximum Gasteiger partial charge on any atom is 0.347 e. The molecule has 27 heavy (non-hydrogen) atoms. The molecule has 1 heterocycles. The number of hydrazine groups is 1. The van der Waals surface area contributed by atoms with Crippen LogP contribution in [-0.2, 0) is 19.5 Å². The number of amides is 2. The van der Waals surface area contributed by atoms with E-state index in [1.165, 1.54) is 37.5 Å². The molecule has 1 aromatic carbocycles. The minimum atomic E-state index is -4.35. The fourth-order valence-corrected chi connectivity index (χ4v) is 3.33. The zero-order valence-corrected chi connectivity index (χ0v) is 16.0. The van der Waals surface area contributed by atoms with Gasteiger partial charge < -0.3 is 9.47 Å². The van der Waals surface area contributed by atoms with E-state index >= 15 is 0 Å². The number of nitrogens with one attached hydrogen (secondary N) is 2. The van der Waals surface area contributed by atoms with E-state index in [9.17, 15) is 18.0 Å². The molecule has 0 fully saturated rings. The van der Waals surface area contributed by atoms with Gasteiger partial charge in [0.2, 0.25) is 5.90 Å². The van der Waals surface area contributed by atoms with Crippen molar-refractivity contribution in [3.63, 3.8) is 0 Å². The van der Waals surface area contributed by atoms with Crippen LogP contribution >= 0.6 is 11.6 Å². The maximum absolute atomic E-state index is 12.5. The topological polar surface area (TPSA) is 126 Å². The fraction of sp³-hybridized carbons (Fsp3) is 0.267. The van der Waals surface area contributed by atoms with Gasteiger partial charge in [-0.05, 0) is 19.1 Å². The average molecular weight is 417 g/mol. The molecule has 0 radical (unpaired) electrons. The Hall–Kier alpha value is -2.79. The quantitative estimate of drug-likeness (QED) is 0.544. The second kappa shape index (κ2) is 8.73. The van der Waals surface area contributed by atoms with Crippen LogP contribution in [0.3, 0.4) is 0 Å². The van der Waals surface area contributed by atoms with Gasteiger partial charge in [-0.2, -0.15) is 0 Å². The van der Waals surface area contributed by atoms with Crippen molar-refractivity contribution in [1.82, 2.24) is 15.2 Å². The number of aliphatic imine (C=N–C) groups is 1. The first-order valence-electron chi connectivity index (χ1n) is 7.61. The number of halogens is 1. The van der Waals surface area contributed by atoms with Gasteiger partial charge in [0.15, 0.2) is 0 Å². The third-order valence-electron chi connectivity index (χ3n) is 3.21. The van der Waals surface area contributed by atoms with E-state index in [1.807, 2.05) is 4.72 Å². The molecule has 0 atom stereocenters. The maximum atomic E-state index is 12.5. The van der Waals surface area contributed by atoms with Gasteiger partial charge in [0, 0.05) is 6.08 Å². The molecule has 1 aliphatic rings. The number of urea groups is 1. The number of sulfonamides is 1. The first-order valence-corrected chi connectivity index (χ1v) is 9.47. The van der Waals surface area contributed by atoms with E-state index in [-0.39, 0.29) is 29.9 Å². The van der Waals surface area contributed by atoms with Gasteiger partial charge in [-0.1, -0.05) is 23.7 Å². The van der Waals surface area contributed by atoms with Gasteiger partial charge in [0.1, 0.15) is 16.7 Å². The minimum Gasteiger partial charge on any atom is -0.481 e. The lowest BCUT2D eigenvalue weighted by Gasteiger charge is -2.25. The van der Waals surface area contributed by atoms with Crippen LogP contribution in [0.4, 0.5) is 4.79 Å². The first-order chi connectivity index (χ1) is 12.8. The van der Waals surface area contributed by atoms with E-state index in [1.54, 1.807) is 6.92 Å². The van der Waals surface area contributed by atoms with Crippen LogP contribution in [0.15, 0.2) is 45.4 Å². The van der Waals surface area contributed by atoms with Crippen molar-refractivity contribution < 1.29 is 27.5 Å². The van der Waals surface area contributed by atoms with Crippen LogP contribution in [0, 0.1) is 0 Å². The molecule has 0 aromatic heterocycles. The Morgan fingerprint density at radius 3 is 2.67 bits per heavy atom. The zero-order chi connectivity index (χ0) is 20.0. The number of methoxy groups -OCH3 is 1. The van der Waals surface area contributed by atoms with Crippen molar-refractivity contribution in [2.24, 2.45) is 4.99 Å². The monoisotopic (exact) mass is 416 g/mol. The Balaban J connectivity index is 2.13. The van der Waals surface area contributed by atoms with Crippen molar-refractivity contribution in [2.45, 2.75) is 11.8 Å². The van der Waals surface area contributed by atoms with Crippen LogP contribution in [0.2, 0.25) is 0 Å². The molecular formula is C15H17ClN4O6S. The second-order valence-electron chi connectivity index (χ2n) is 5.00. The summed E-state index contributed by atoms with van der Waals surface area (Å²) in [6.45, 7) is 1.59. The first kappa shape index (κ1) is 20.5. The lowest BCUT2D eigenvalue weighted by Crippen LogP contribution is -2.48. The summed E-state index contributed by atoms with van der Waals surface area (Å²) in [6, 6.07) is 4.28. The Labute approximate surface area is 160 Å². The number of nitrogens with zero attached hydrogens (tertiary/aromatic N) is 2. The summed E-state index contributed by atoms with van der Waals surface area (Å²) >= 11 is 5.96. The highest BCUT2D eigenvalue weighted by Crippen LogP contribution is 2.17. The highest BCUT2D eigenvalue weighted by atomic mass is 35.5. The largest absolute Gasteiger partial charge is 0.481 e. The highest BCUT2D eigenvalue weighted by molar-refractivity contribution is 7.90. The number of esters is 1. The molecule has 0 saturated carbocycles. The number of carbonyl (C=O) groups excluding carboxylic acids is 2. The smallest absolute Gasteiger partial charge is 0.347 e. The number of rotatable bonds is 5. The number of hydrogen-bond donors (Lipinski definition) is 2. The summed E-state index contributed by atoms with van der Waals surface area (Å²) in [5.74, 6) is -0.559. The summed E-state index contributed by atoms with van der Waals surface area (Å²) in [5.41, 5.74) is 2.05. The van der Waals surface area contributed by atoms with Crippen LogP contribution in [0.1, 0.15) is 17.3 Å². The van der Waals surface area contributed by atoms with Crippen molar-refractivity contribution in [3.8, 4) is 0 Å². The molecule has 10 nitrogen and oxygen atoms in total. The molecule has 0 unspecified atom stereocenters. The summed E-state index contributed by atoms with van der Waals surface area (Å²) in [7, 11) is -2.94. The second-order valence-corrected chi connectivity index (χ2v) is 7.04. The van der Waals surface area contributed by atoms with Gasteiger partial charge in [-0.15, -0.1) is 0 Å². The number of benzene rings is 1. The van der Waals surface area contributed by atoms with Gasteiger partial charge >= 0.3 is 12.0 Å². The molecule has 0 saturated heterocycles. The number of hydrogen-bond acceptors (Lipinski definition) is 8.